The van der Waals surface area contributed by atoms with Crippen LogP contribution in [0.2, 0.25) is 0 Å². The van der Waals surface area contributed by atoms with E-state index in [0.29, 0.717) is 32.4 Å². The number of aromatic nitrogens is 2. The molecule has 0 spiro atoms. The van der Waals surface area contributed by atoms with Crippen molar-refractivity contribution in [3.63, 3.8) is 0 Å². The standard InChI is InChI=1S/C25H32N4O3/c1-14-6-7-15(2)25-24(14)20(16(3)26-25)12-22(30)27-19-8-9-23(31)29(11-10-19)13-21-17(4)28-32-18(21)5/h6-7,19,26H,8-13H2,1-5H3,(H,27,30). The van der Waals surface area contributed by atoms with Gasteiger partial charge in [-0.1, -0.05) is 17.3 Å². The zero-order valence-corrected chi connectivity index (χ0v) is 19.6. The van der Waals surface area contributed by atoms with Crippen molar-refractivity contribution in [1.82, 2.24) is 20.4 Å². The molecule has 170 valence electrons. The smallest absolute Gasteiger partial charge is 0.224 e. The topological polar surface area (TPSA) is 91.2 Å². The summed E-state index contributed by atoms with van der Waals surface area (Å²) in [6.45, 7) is 11.1. The maximum absolute atomic E-state index is 12.9. The van der Waals surface area contributed by atoms with E-state index < -0.39 is 0 Å². The third-order valence-corrected chi connectivity index (χ3v) is 6.73. The number of carbonyl (C=O) groups is 2. The molecule has 1 aromatic carbocycles. The monoisotopic (exact) mass is 436 g/mol. The summed E-state index contributed by atoms with van der Waals surface area (Å²) in [6.07, 6.45) is 2.17. The Morgan fingerprint density at radius 2 is 1.91 bits per heavy atom. The first kappa shape index (κ1) is 22.1. The van der Waals surface area contributed by atoms with Gasteiger partial charge >= 0.3 is 0 Å². The van der Waals surface area contributed by atoms with Crippen LogP contribution in [0.4, 0.5) is 0 Å². The predicted molar refractivity (Wildman–Crippen MR) is 123 cm³/mol. The molecule has 1 unspecified atom stereocenters. The first-order valence-electron chi connectivity index (χ1n) is 11.3. The molecule has 1 saturated heterocycles. The highest BCUT2D eigenvalue weighted by molar-refractivity contribution is 5.94. The molecule has 7 heteroatoms. The normalized spacial score (nSPS) is 17.1. The van der Waals surface area contributed by atoms with Crippen LogP contribution in [0.25, 0.3) is 10.9 Å². The van der Waals surface area contributed by atoms with Gasteiger partial charge in [0.15, 0.2) is 0 Å². The summed E-state index contributed by atoms with van der Waals surface area (Å²) >= 11 is 0. The van der Waals surface area contributed by atoms with Crippen LogP contribution in [0, 0.1) is 34.6 Å². The summed E-state index contributed by atoms with van der Waals surface area (Å²) in [5, 5.41) is 8.32. The predicted octanol–water partition coefficient (Wildman–Crippen LogP) is 3.94. The van der Waals surface area contributed by atoms with Crippen molar-refractivity contribution in [1.29, 1.82) is 0 Å². The Labute approximate surface area is 188 Å². The van der Waals surface area contributed by atoms with Crippen molar-refractivity contribution in [2.45, 2.75) is 72.9 Å². The molecule has 1 atom stereocenters. The summed E-state index contributed by atoms with van der Waals surface area (Å²) in [7, 11) is 0. The number of aryl methyl sites for hydroxylation is 5. The number of H-pyrrole nitrogens is 1. The molecular formula is C25H32N4O3. The van der Waals surface area contributed by atoms with Gasteiger partial charge in [-0.05, 0) is 64.2 Å². The highest BCUT2D eigenvalue weighted by Gasteiger charge is 2.26. The SMILES string of the molecule is Cc1noc(C)c1CN1CCC(NC(=O)Cc2c(C)[nH]c3c(C)ccc(C)c23)CCC1=O. The summed E-state index contributed by atoms with van der Waals surface area (Å²) in [5.74, 6) is 0.871. The number of fused-ring (bicyclic) bond motifs is 1. The lowest BCUT2D eigenvalue weighted by Crippen LogP contribution is -2.36. The van der Waals surface area contributed by atoms with Crippen molar-refractivity contribution in [3.05, 3.63) is 51.5 Å². The van der Waals surface area contributed by atoms with Crippen LogP contribution in [0.5, 0.6) is 0 Å². The molecule has 0 bridgehead atoms. The molecule has 3 heterocycles. The van der Waals surface area contributed by atoms with Gasteiger partial charge in [-0.3, -0.25) is 9.59 Å². The molecule has 0 radical (unpaired) electrons. The van der Waals surface area contributed by atoms with Crippen LogP contribution in [0.15, 0.2) is 16.7 Å². The lowest BCUT2D eigenvalue weighted by atomic mass is 10.0. The fourth-order valence-corrected chi connectivity index (χ4v) is 4.74. The molecule has 0 saturated carbocycles. The van der Waals surface area contributed by atoms with Gasteiger partial charge in [-0.15, -0.1) is 0 Å². The summed E-state index contributed by atoms with van der Waals surface area (Å²) in [6, 6.07) is 4.21. The minimum atomic E-state index is -0.00513. The van der Waals surface area contributed by atoms with Gasteiger partial charge in [0.05, 0.1) is 18.7 Å². The minimum absolute atomic E-state index is 0.00513. The van der Waals surface area contributed by atoms with Gasteiger partial charge in [0.25, 0.3) is 0 Å². The summed E-state index contributed by atoms with van der Waals surface area (Å²) < 4.78 is 5.24. The Morgan fingerprint density at radius 1 is 1.16 bits per heavy atom. The zero-order chi connectivity index (χ0) is 23.0. The highest BCUT2D eigenvalue weighted by Crippen LogP contribution is 2.28. The van der Waals surface area contributed by atoms with Gasteiger partial charge in [-0.2, -0.15) is 0 Å². The third-order valence-electron chi connectivity index (χ3n) is 6.73. The molecule has 4 rings (SSSR count). The molecule has 1 aliphatic heterocycles. The number of hydrogen-bond donors (Lipinski definition) is 2. The van der Waals surface area contributed by atoms with E-state index in [4.69, 9.17) is 4.52 Å². The molecule has 2 aromatic heterocycles. The lowest BCUT2D eigenvalue weighted by molar-refractivity contribution is -0.131. The van der Waals surface area contributed by atoms with E-state index in [9.17, 15) is 9.59 Å². The Kier molecular flexibility index (Phi) is 6.09. The molecule has 0 aliphatic carbocycles. The Morgan fingerprint density at radius 3 is 2.62 bits per heavy atom. The van der Waals surface area contributed by atoms with Crippen molar-refractivity contribution in [2.24, 2.45) is 0 Å². The molecule has 7 nitrogen and oxygen atoms in total. The number of nitrogens with one attached hydrogen (secondary N) is 2. The number of carbonyl (C=O) groups excluding carboxylic acids is 2. The number of hydrogen-bond acceptors (Lipinski definition) is 4. The lowest BCUT2D eigenvalue weighted by Gasteiger charge is -2.21. The second-order valence-electron chi connectivity index (χ2n) is 9.06. The number of benzene rings is 1. The molecule has 3 aromatic rings. The second kappa shape index (κ2) is 8.81. The maximum Gasteiger partial charge on any atom is 0.224 e. The van der Waals surface area contributed by atoms with Gasteiger partial charge in [0, 0.05) is 41.2 Å². The minimum Gasteiger partial charge on any atom is -0.361 e. The highest BCUT2D eigenvalue weighted by atomic mass is 16.5. The average Bonchev–Trinajstić information content (AvgIpc) is 3.18. The van der Waals surface area contributed by atoms with Gasteiger partial charge in [0.2, 0.25) is 11.8 Å². The van der Waals surface area contributed by atoms with E-state index in [-0.39, 0.29) is 17.9 Å². The summed E-state index contributed by atoms with van der Waals surface area (Å²) in [5.41, 5.74) is 7.36. The fourth-order valence-electron chi connectivity index (χ4n) is 4.74. The Balaban J connectivity index is 1.42. The zero-order valence-electron chi connectivity index (χ0n) is 19.6. The quantitative estimate of drug-likeness (QED) is 0.634. The van der Waals surface area contributed by atoms with Crippen LogP contribution in [0.1, 0.15) is 58.7 Å². The van der Waals surface area contributed by atoms with Gasteiger partial charge in [0.1, 0.15) is 5.76 Å². The Bertz CT molecular complexity index is 1150. The number of aromatic amines is 1. The van der Waals surface area contributed by atoms with Crippen molar-refractivity contribution in [2.75, 3.05) is 6.54 Å². The van der Waals surface area contributed by atoms with Crippen LogP contribution in [-0.4, -0.2) is 39.4 Å². The number of likely N-dealkylation sites (tertiary alicyclic amines) is 1. The molecule has 2 amide bonds. The molecule has 1 aliphatic rings. The van der Waals surface area contributed by atoms with E-state index >= 15 is 0 Å². The first-order valence-corrected chi connectivity index (χ1v) is 11.3. The summed E-state index contributed by atoms with van der Waals surface area (Å²) in [4.78, 5) is 30.9. The van der Waals surface area contributed by atoms with E-state index in [1.807, 2.05) is 25.7 Å². The number of rotatable bonds is 5. The van der Waals surface area contributed by atoms with E-state index in [1.165, 1.54) is 11.1 Å². The molecular weight excluding hydrogens is 404 g/mol. The van der Waals surface area contributed by atoms with E-state index in [0.717, 1.165) is 45.6 Å². The second-order valence-corrected chi connectivity index (χ2v) is 9.06. The largest absolute Gasteiger partial charge is 0.361 e. The van der Waals surface area contributed by atoms with Gasteiger partial charge < -0.3 is 19.7 Å². The van der Waals surface area contributed by atoms with E-state index in [2.05, 4.69) is 41.4 Å². The van der Waals surface area contributed by atoms with Crippen LogP contribution < -0.4 is 5.32 Å². The molecule has 2 N–H and O–H groups in total. The molecule has 32 heavy (non-hydrogen) atoms. The number of amides is 2. The van der Waals surface area contributed by atoms with Crippen LogP contribution in [-0.2, 0) is 22.6 Å². The third kappa shape index (κ3) is 4.29. The van der Waals surface area contributed by atoms with Gasteiger partial charge in [-0.25, -0.2) is 0 Å². The van der Waals surface area contributed by atoms with Crippen molar-refractivity contribution < 1.29 is 14.1 Å². The number of nitrogens with zero attached hydrogens (tertiary/aromatic N) is 2. The molecule has 1 fully saturated rings. The van der Waals surface area contributed by atoms with Crippen molar-refractivity contribution in [3.8, 4) is 0 Å². The van der Waals surface area contributed by atoms with Crippen LogP contribution in [0.3, 0.4) is 0 Å². The maximum atomic E-state index is 12.9. The van der Waals surface area contributed by atoms with Crippen molar-refractivity contribution >= 4 is 22.7 Å². The average molecular weight is 437 g/mol. The first-order chi connectivity index (χ1) is 15.2. The van der Waals surface area contributed by atoms with Crippen LogP contribution >= 0.6 is 0 Å². The Hall–Kier alpha value is -3.09. The van der Waals surface area contributed by atoms with E-state index in [1.54, 1.807) is 0 Å². The fraction of sp³-hybridized carbons (Fsp3) is 0.480.